The Labute approximate surface area is 257 Å². The molecule has 0 aliphatic rings. The number of hydrogen-bond donors (Lipinski definition) is 1. The van der Waals surface area contributed by atoms with Crippen LogP contribution in [0.3, 0.4) is 0 Å². The summed E-state index contributed by atoms with van der Waals surface area (Å²) in [6.45, 7) is 6.80. The van der Waals surface area contributed by atoms with Crippen LogP contribution in [-0.2, 0) is 32.6 Å². The molecule has 3 aromatic rings. The number of ether oxygens (including phenoxy) is 1. The van der Waals surface area contributed by atoms with Crippen molar-refractivity contribution >= 4 is 27.5 Å². The predicted octanol–water partition coefficient (Wildman–Crippen LogP) is 5.41. The van der Waals surface area contributed by atoms with Crippen molar-refractivity contribution in [1.29, 1.82) is 0 Å². The Hall–Kier alpha value is -3.85. The van der Waals surface area contributed by atoms with Gasteiger partial charge in [-0.1, -0.05) is 61.9 Å². The minimum Gasteiger partial charge on any atom is -0.497 e. The van der Waals surface area contributed by atoms with E-state index in [1.54, 1.807) is 12.0 Å². The van der Waals surface area contributed by atoms with Gasteiger partial charge in [0.15, 0.2) is 0 Å². The van der Waals surface area contributed by atoms with Crippen LogP contribution >= 0.6 is 0 Å². The Bertz CT molecular complexity index is 1440. The molecule has 9 heteroatoms. The largest absolute Gasteiger partial charge is 0.497 e. The molecule has 3 rings (SSSR count). The fourth-order valence-electron chi connectivity index (χ4n) is 5.13. The van der Waals surface area contributed by atoms with E-state index in [4.69, 9.17) is 4.74 Å². The van der Waals surface area contributed by atoms with Crippen LogP contribution in [-0.4, -0.2) is 57.6 Å². The smallest absolute Gasteiger partial charge is 0.243 e. The number of anilines is 1. The molecule has 0 aromatic heterocycles. The Morgan fingerprint density at radius 1 is 0.907 bits per heavy atom. The summed E-state index contributed by atoms with van der Waals surface area (Å²) < 4.78 is 32.3. The minimum atomic E-state index is -3.58. The topological polar surface area (TPSA) is 96.0 Å². The van der Waals surface area contributed by atoms with Crippen molar-refractivity contribution < 1.29 is 22.7 Å². The van der Waals surface area contributed by atoms with Gasteiger partial charge in [0.1, 0.15) is 11.8 Å². The van der Waals surface area contributed by atoms with Crippen molar-refractivity contribution in [2.75, 3.05) is 30.8 Å². The van der Waals surface area contributed by atoms with E-state index in [1.807, 2.05) is 86.6 Å². The molecule has 0 heterocycles. The molecule has 0 saturated carbocycles. The number of amides is 2. The van der Waals surface area contributed by atoms with Crippen LogP contribution in [0.1, 0.15) is 54.9 Å². The maximum atomic E-state index is 14.0. The van der Waals surface area contributed by atoms with Crippen LogP contribution in [0, 0.1) is 13.8 Å². The van der Waals surface area contributed by atoms with Gasteiger partial charge in [0.25, 0.3) is 0 Å². The zero-order valence-corrected chi connectivity index (χ0v) is 26.8. The van der Waals surface area contributed by atoms with E-state index in [0.29, 0.717) is 30.8 Å². The maximum Gasteiger partial charge on any atom is 0.243 e. The predicted molar refractivity (Wildman–Crippen MR) is 173 cm³/mol. The lowest BCUT2D eigenvalue weighted by Crippen LogP contribution is -2.50. The van der Waals surface area contributed by atoms with Gasteiger partial charge >= 0.3 is 0 Å². The Morgan fingerprint density at radius 3 is 2.21 bits per heavy atom. The van der Waals surface area contributed by atoms with Crippen LogP contribution < -0.4 is 14.4 Å². The number of carbonyl (C=O) groups is 2. The number of aryl methyl sites for hydroxylation is 2. The number of rotatable bonds is 16. The van der Waals surface area contributed by atoms with Gasteiger partial charge in [0, 0.05) is 32.5 Å². The molecule has 0 aliphatic heterocycles. The number of sulfonamides is 1. The summed E-state index contributed by atoms with van der Waals surface area (Å²) >= 11 is 0. The van der Waals surface area contributed by atoms with Gasteiger partial charge in [-0.2, -0.15) is 0 Å². The van der Waals surface area contributed by atoms with Crippen molar-refractivity contribution in [3.8, 4) is 5.75 Å². The SMILES string of the molecule is CCCCNC(=O)[C@H](Cc1ccccc1)N(Cc1cccc(OC)c1)C(=O)CCCN(c1cc(C)cc(C)c1)S(C)(=O)=O. The second kappa shape index (κ2) is 16.1. The first kappa shape index (κ1) is 33.6. The molecule has 0 bridgehead atoms. The van der Waals surface area contributed by atoms with Crippen LogP contribution in [0.5, 0.6) is 5.75 Å². The fraction of sp³-hybridized carbons (Fsp3) is 0.412. The van der Waals surface area contributed by atoms with Crippen LogP contribution in [0.4, 0.5) is 5.69 Å². The first-order valence-electron chi connectivity index (χ1n) is 14.8. The molecule has 0 saturated heterocycles. The lowest BCUT2D eigenvalue weighted by Gasteiger charge is -2.32. The molecule has 0 aliphatic carbocycles. The van der Waals surface area contributed by atoms with E-state index in [9.17, 15) is 18.0 Å². The van der Waals surface area contributed by atoms with E-state index < -0.39 is 16.1 Å². The number of carbonyl (C=O) groups excluding carboxylic acids is 2. The zero-order valence-electron chi connectivity index (χ0n) is 26.0. The van der Waals surface area contributed by atoms with Gasteiger partial charge in [-0.05, 0) is 73.2 Å². The molecule has 43 heavy (non-hydrogen) atoms. The molecule has 1 N–H and O–H groups in total. The second-order valence-electron chi connectivity index (χ2n) is 11.0. The molecule has 2 amide bonds. The summed E-state index contributed by atoms with van der Waals surface area (Å²) in [6.07, 6.45) is 3.68. The quantitative estimate of drug-likeness (QED) is 0.220. The van der Waals surface area contributed by atoms with Crippen LogP contribution in [0.15, 0.2) is 72.8 Å². The molecule has 232 valence electrons. The molecule has 0 spiro atoms. The Morgan fingerprint density at radius 2 is 1.58 bits per heavy atom. The number of nitrogens with one attached hydrogen (secondary N) is 1. The normalized spacial score (nSPS) is 11.9. The summed E-state index contributed by atoms with van der Waals surface area (Å²) in [5.74, 6) is 0.235. The molecule has 0 radical (unpaired) electrons. The fourth-order valence-corrected chi connectivity index (χ4v) is 6.08. The molecule has 0 fully saturated rings. The van der Waals surface area contributed by atoms with Crippen LogP contribution in [0.25, 0.3) is 0 Å². The molecule has 8 nitrogen and oxygen atoms in total. The number of methoxy groups -OCH3 is 1. The third-order valence-corrected chi connectivity index (χ3v) is 8.43. The molecule has 0 unspecified atom stereocenters. The van der Waals surface area contributed by atoms with Crippen molar-refractivity contribution in [3.63, 3.8) is 0 Å². The first-order chi connectivity index (χ1) is 20.5. The molecular formula is C34H45N3O5S. The number of hydrogen-bond acceptors (Lipinski definition) is 5. The number of unbranched alkanes of at least 4 members (excludes halogenated alkanes) is 1. The monoisotopic (exact) mass is 607 g/mol. The van der Waals surface area contributed by atoms with Gasteiger partial charge in [-0.25, -0.2) is 8.42 Å². The van der Waals surface area contributed by atoms with Gasteiger partial charge in [0.2, 0.25) is 21.8 Å². The number of benzene rings is 3. The third kappa shape index (κ3) is 10.4. The van der Waals surface area contributed by atoms with E-state index in [2.05, 4.69) is 12.2 Å². The van der Waals surface area contributed by atoms with Crippen molar-refractivity contribution in [1.82, 2.24) is 10.2 Å². The molecular weight excluding hydrogens is 562 g/mol. The highest BCUT2D eigenvalue weighted by Crippen LogP contribution is 2.23. The summed E-state index contributed by atoms with van der Waals surface area (Å²) in [4.78, 5) is 29.2. The highest BCUT2D eigenvalue weighted by molar-refractivity contribution is 7.92. The van der Waals surface area contributed by atoms with Gasteiger partial charge in [0.05, 0.1) is 19.1 Å². The molecule has 3 aromatic carbocycles. The van der Waals surface area contributed by atoms with E-state index >= 15 is 0 Å². The van der Waals surface area contributed by atoms with Gasteiger partial charge in [-0.3, -0.25) is 13.9 Å². The Kier molecular flexibility index (Phi) is 12.6. The van der Waals surface area contributed by atoms with E-state index in [1.165, 1.54) is 10.6 Å². The van der Waals surface area contributed by atoms with Crippen molar-refractivity contribution in [3.05, 3.63) is 95.1 Å². The van der Waals surface area contributed by atoms with E-state index in [-0.39, 0.29) is 31.3 Å². The summed E-state index contributed by atoms with van der Waals surface area (Å²) in [5.41, 5.74) is 4.28. The minimum absolute atomic E-state index is 0.0777. The highest BCUT2D eigenvalue weighted by atomic mass is 32.2. The van der Waals surface area contributed by atoms with Crippen LogP contribution in [0.2, 0.25) is 0 Å². The third-order valence-electron chi connectivity index (χ3n) is 7.23. The average Bonchev–Trinajstić information content (AvgIpc) is 2.96. The maximum absolute atomic E-state index is 14.0. The number of nitrogens with zero attached hydrogens (tertiary/aromatic N) is 2. The van der Waals surface area contributed by atoms with Crippen molar-refractivity contribution in [2.45, 2.75) is 65.5 Å². The summed E-state index contributed by atoms with van der Waals surface area (Å²) in [6, 6.07) is 22.0. The van der Waals surface area contributed by atoms with Crippen molar-refractivity contribution in [2.24, 2.45) is 0 Å². The summed E-state index contributed by atoms with van der Waals surface area (Å²) in [5, 5.41) is 3.03. The highest BCUT2D eigenvalue weighted by Gasteiger charge is 2.30. The molecule has 1 atom stereocenters. The van der Waals surface area contributed by atoms with E-state index in [0.717, 1.165) is 35.1 Å². The van der Waals surface area contributed by atoms with Gasteiger partial charge < -0.3 is 15.0 Å². The Balaban J connectivity index is 1.90. The lowest BCUT2D eigenvalue weighted by atomic mass is 10.0. The standard InChI is InChI=1S/C34H45N3O5S/c1-6-7-18-35-34(39)32(24-28-13-9-8-10-14-28)36(25-29-15-11-16-31(23-29)42-4)33(38)17-12-19-37(43(5,40)41)30-21-26(2)20-27(3)22-30/h8-11,13-16,20-23,32H,6-7,12,17-19,24-25H2,1-5H3,(H,35,39)/t32-/m0/s1. The second-order valence-corrected chi connectivity index (χ2v) is 12.9. The lowest BCUT2D eigenvalue weighted by molar-refractivity contribution is -0.141. The zero-order chi connectivity index (χ0) is 31.4. The average molecular weight is 608 g/mol. The first-order valence-corrected chi connectivity index (χ1v) is 16.7. The summed E-state index contributed by atoms with van der Waals surface area (Å²) in [7, 11) is -1.99. The van der Waals surface area contributed by atoms with Gasteiger partial charge in [-0.15, -0.1) is 0 Å².